The maximum atomic E-state index is 10.3. The summed E-state index contributed by atoms with van der Waals surface area (Å²) < 4.78 is 0. The van der Waals surface area contributed by atoms with E-state index in [1.165, 1.54) is 24.3 Å². The molecule has 0 aliphatic carbocycles. The second kappa shape index (κ2) is 6.66. The molecular weight excluding hydrogens is 238 g/mol. The fourth-order valence-corrected chi connectivity index (χ4v) is 0.946. The molecular formula is C7H7N3O7. The lowest BCUT2D eigenvalue weighted by Crippen LogP contribution is -2.19. The van der Waals surface area contributed by atoms with E-state index in [1.807, 2.05) is 0 Å². The van der Waals surface area contributed by atoms with Crippen molar-refractivity contribution in [1.82, 2.24) is 0 Å². The molecule has 0 fully saturated rings. The molecule has 10 nitrogen and oxygen atoms in total. The van der Waals surface area contributed by atoms with E-state index in [1.54, 1.807) is 6.07 Å². The fourth-order valence-electron chi connectivity index (χ4n) is 0.946. The molecule has 0 radical (unpaired) electrons. The summed E-state index contributed by atoms with van der Waals surface area (Å²) in [5.41, 5.74) is 0.0810. The lowest BCUT2D eigenvalue weighted by Gasteiger charge is -2.00. The van der Waals surface area contributed by atoms with Crippen molar-refractivity contribution in [3.05, 3.63) is 66.2 Å². The zero-order valence-corrected chi connectivity index (χ0v) is 8.20. The van der Waals surface area contributed by atoms with Crippen molar-refractivity contribution in [3.8, 4) is 0 Å². The lowest BCUT2D eigenvalue weighted by atomic mass is 10.2. The maximum Gasteiger partial charge on any atom is 0.476 e. The highest BCUT2D eigenvalue weighted by molar-refractivity contribution is 5.15. The van der Waals surface area contributed by atoms with E-state index in [9.17, 15) is 20.2 Å². The van der Waals surface area contributed by atoms with Gasteiger partial charge in [0.15, 0.2) is 0 Å². The van der Waals surface area contributed by atoms with Gasteiger partial charge in [-0.25, -0.2) is 0 Å². The smallest absolute Gasteiger partial charge is 0.328 e. The van der Waals surface area contributed by atoms with Gasteiger partial charge in [0, 0.05) is 0 Å². The minimum Gasteiger partial charge on any atom is -0.328 e. The van der Waals surface area contributed by atoms with Gasteiger partial charge in [-0.15, -0.1) is 10.1 Å². The quantitative estimate of drug-likeness (QED) is 0.471. The molecule has 0 aliphatic rings. The van der Waals surface area contributed by atoms with Crippen LogP contribution in [0.2, 0.25) is 0 Å². The van der Waals surface area contributed by atoms with E-state index >= 15 is 0 Å². The van der Waals surface area contributed by atoms with Gasteiger partial charge < -0.3 is 5.21 Å². The molecule has 92 valence electrons. The van der Waals surface area contributed by atoms with E-state index in [0.29, 0.717) is 0 Å². The predicted octanol–water partition coefficient (Wildman–Crippen LogP) is 0.891. The number of nitrogens with zero attached hydrogens (tertiary/aromatic N) is 3. The molecule has 0 saturated carbocycles. The van der Waals surface area contributed by atoms with E-state index in [2.05, 4.69) is 0 Å². The molecule has 1 aromatic carbocycles. The Bertz CT molecular complexity index is 389. The first-order valence-corrected chi connectivity index (χ1v) is 4.01. The number of hydrogen-bond donors (Lipinski definition) is 1. The van der Waals surface area contributed by atoms with E-state index in [4.69, 9.17) is 15.3 Å². The Hall–Kier alpha value is -2.78. The highest BCUT2D eigenvalue weighted by Gasteiger charge is 2.33. The molecule has 0 unspecified atom stereocenters. The molecule has 0 amide bonds. The normalized spacial score (nSPS) is 9.00. The zero-order valence-electron chi connectivity index (χ0n) is 8.20. The van der Waals surface area contributed by atoms with Crippen LogP contribution in [0, 0.1) is 30.3 Å². The molecule has 0 spiro atoms. The largest absolute Gasteiger partial charge is 0.476 e. The number of nitro groups is 2. The van der Waals surface area contributed by atoms with Crippen LogP contribution in [0.3, 0.4) is 0 Å². The van der Waals surface area contributed by atoms with E-state index in [0.717, 1.165) is 0 Å². The molecule has 10 heteroatoms. The minimum absolute atomic E-state index is 0.0810. The molecule has 0 saturated heterocycles. The third-order valence-electron chi connectivity index (χ3n) is 1.50. The van der Waals surface area contributed by atoms with Gasteiger partial charge in [-0.3, -0.25) is 20.2 Å². The first kappa shape index (κ1) is 14.2. The number of benzene rings is 1. The highest BCUT2D eigenvalue weighted by atomic mass is 16.9. The van der Waals surface area contributed by atoms with Crippen molar-refractivity contribution in [2.75, 3.05) is 0 Å². The van der Waals surface area contributed by atoms with Gasteiger partial charge in [0.2, 0.25) is 0 Å². The Labute approximate surface area is 93.5 Å². The van der Waals surface area contributed by atoms with E-state index < -0.39 is 21.1 Å². The van der Waals surface area contributed by atoms with Gasteiger partial charge >= 0.3 is 6.17 Å². The summed E-state index contributed by atoms with van der Waals surface area (Å²) in [5.74, 6) is 0. The summed E-state index contributed by atoms with van der Waals surface area (Å²) in [6.45, 7) is 0. The second-order valence-electron chi connectivity index (χ2n) is 2.59. The summed E-state index contributed by atoms with van der Waals surface area (Å²) >= 11 is 0. The average molecular weight is 245 g/mol. The van der Waals surface area contributed by atoms with Crippen LogP contribution in [-0.4, -0.2) is 20.1 Å². The van der Waals surface area contributed by atoms with Crippen LogP contribution < -0.4 is 0 Å². The summed E-state index contributed by atoms with van der Waals surface area (Å²) in [4.78, 5) is 27.1. The van der Waals surface area contributed by atoms with Crippen LogP contribution >= 0.6 is 0 Å². The minimum atomic E-state index is -1.86. The maximum absolute atomic E-state index is 10.3. The van der Waals surface area contributed by atoms with Crippen molar-refractivity contribution >= 4 is 0 Å². The van der Waals surface area contributed by atoms with Crippen LogP contribution in [0.1, 0.15) is 11.7 Å². The van der Waals surface area contributed by atoms with Gasteiger partial charge in [-0.2, -0.15) is 0 Å². The molecule has 17 heavy (non-hydrogen) atoms. The number of hydrogen-bond acceptors (Lipinski definition) is 6. The first-order valence-electron chi connectivity index (χ1n) is 4.01. The molecule has 0 atom stereocenters. The molecule has 0 heterocycles. The molecule has 0 aliphatic heterocycles. The second-order valence-corrected chi connectivity index (χ2v) is 2.59. The lowest BCUT2D eigenvalue weighted by molar-refractivity contribution is -0.752. The number of rotatable bonds is 3. The summed E-state index contributed by atoms with van der Waals surface area (Å²) in [6, 6.07) is 7.40. The topological polar surface area (TPSA) is 150 Å². The molecule has 0 aromatic heterocycles. The average Bonchev–Trinajstić information content (AvgIpc) is 2.17. The summed E-state index contributed by atoms with van der Waals surface area (Å²) in [5, 5.41) is 34.2. The molecule has 1 aromatic rings. The van der Waals surface area contributed by atoms with Gasteiger partial charge in [-0.1, -0.05) is 18.2 Å². The Morgan fingerprint density at radius 2 is 1.29 bits per heavy atom. The monoisotopic (exact) mass is 245 g/mol. The van der Waals surface area contributed by atoms with Crippen molar-refractivity contribution < 1.29 is 20.1 Å². The van der Waals surface area contributed by atoms with Crippen LogP contribution in [0.15, 0.2) is 30.3 Å². The van der Waals surface area contributed by atoms with Crippen molar-refractivity contribution in [2.45, 2.75) is 6.17 Å². The van der Waals surface area contributed by atoms with Crippen molar-refractivity contribution in [1.29, 1.82) is 0 Å². The summed E-state index contributed by atoms with van der Waals surface area (Å²) in [7, 11) is 0. The molecule has 1 rings (SSSR count). The van der Waals surface area contributed by atoms with Crippen LogP contribution in [-0.2, 0) is 0 Å². The molecule has 0 bridgehead atoms. The predicted molar refractivity (Wildman–Crippen MR) is 52.0 cm³/mol. The highest BCUT2D eigenvalue weighted by Crippen LogP contribution is 2.15. The SMILES string of the molecule is O=[N+]([O-])C(c1ccccc1)[N+](=O)[O-].O=[N+]([O-])O. The third kappa shape index (κ3) is 5.61. The van der Waals surface area contributed by atoms with Gasteiger partial charge in [0.25, 0.3) is 5.09 Å². The Kier molecular flexibility index (Phi) is 5.57. The Balaban J connectivity index is 0.000000557. The molecule has 1 N–H and O–H groups in total. The van der Waals surface area contributed by atoms with Gasteiger partial charge in [0.1, 0.15) is 15.4 Å². The first-order chi connectivity index (χ1) is 7.86. The zero-order chi connectivity index (χ0) is 13.4. The van der Waals surface area contributed by atoms with Crippen molar-refractivity contribution in [3.63, 3.8) is 0 Å². The van der Waals surface area contributed by atoms with Crippen LogP contribution in [0.5, 0.6) is 0 Å². The van der Waals surface area contributed by atoms with Crippen LogP contribution in [0.25, 0.3) is 0 Å². The standard InChI is InChI=1S/C7H6N2O4.HNO3/c10-8(11)7(9(12)13)6-4-2-1-3-5-6;2-1(3)4/h1-5,7H;(H,2,3,4). The van der Waals surface area contributed by atoms with Crippen LogP contribution in [0.4, 0.5) is 0 Å². The summed E-state index contributed by atoms with van der Waals surface area (Å²) in [6.07, 6.45) is -1.86. The van der Waals surface area contributed by atoms with Gasteiger partial charge in [0.05, 0.1) is 0 Å². The van der Waals surface area contributed by atoms with Crippen molar-refractivity contribution in [2.24, 2.45) is 0 Å². The van der Waals surface area contributed by atoms with Gasteiger partial charge in [-0.05, 0) is 12.1 Å². The fraction of sp³-hybridized carbons (Fsp3) is 0.143. The van der Waals surface area contributed by atoms with E-state index in [-0.39, 0.29) is 5.56 Å². The Morgan fingerprint density at radius 3 is 1.59 bits per heavy atom. The Morgan fingerprint density at radius 1 is 0.941 bits per heavy atom. The third-order valence-corrected chi connectivity index (χ3v) is 1.50.